The first-order valence-corrected chi connectivity index (χ1v) is 8.37. The number of rotatable bonds is 6. The highest BCUT2D eigenvalue weighted by Crippen LogP contribution is 2.72. The van der Waals surface area contributed by atoms with Gasteiger partial charge < -0.3 is 10.6 Å². The highest BCUT2D eigenvalue weighted by atomic mass is 16.2. The molecule has 0 spiro atoms. The molecule has 2 N–H and O–H groups in total. The molecule has 3 saturated carbocycles. The summed E-state index contributed by atoms with van der Waals surface area (Å²) in [4.78, 5) is 23.3. The summed E-state index contributed by atoms with van der Waals surface area (Å²) in [6.07, 6.45) is 9.99. The fraction of sp³-hybridized carbons (Fsp3) is 0.667. The normalized spacial score (nSPS) is 38.4. The number of hydrogen-bond acceptors (Lipinski definition) is 2. The Hall–Kier alpha value is -1.58. The molecule has 0 radical (unpaired) electrons. The Balaban J connectivity index is 1.82. The van der Waals surface area contributed by atoms with Crippen LogP contribution in [0.25, 0.3) is 0 Å². The maximum Gasteiger partial charge on any atom is 0.243 e. The van der Waals surface area contributed by atoms with E-state index >= 15 is 0 Å². The largest absolute Gasteiger partial charge is 0.352 e. The lowest BCUT2D eigenvalue weighted by molar-refractivity contribution is -0.119. The van der Waals surface area contributed by atoms with Crippen LogP contribution in [0.3, 0.4) is 0 Å². The highest BCUT2D eigenvalue weighted by molar-refractivity contribution is 5.87. The van der Waals surface area contributed by atoms with E-state index in [4.69, 9.17) is 0 Å². The molecule has 4 unspecified atom stereocenters. The van der Waals surface area contributed by atoms with Gasteiger partial charge in [0.05, 0.1) is 0 Å². The van der Waals surface area contributed by atoms with Crippen molar-refractivity contribution in [3.05, 3.63) is 25.3 Å². The van der Waals surface area contributed by atoms with Gasteiger partial charge in [0.15, 0.2) is 0 Å². The minimum absolute atomic E-state index is 0.0897. The van der Waals surface area contributed by atoms with E-state index in [0.29, 0.717) is 5.92 Å². The fourth-order valence-corrected chi connectivity index (χ4v) is 5.80. The molecule has 0 aliphatic heterocycles. The number of hydrogen-bond donors (Lipinski definition) is 2. The standard InChI is InChI=1S/C18H26N2O2/c1-3-15(21)19-11-17-9-7-13(10-17)14-6-5-8-18(14,17)12-20-16(22)4-2/h3-4,13-14H,1-2,5-12H2,(H,19,21)(H,20,22). The Morgan fingerprint density at radius 3 is 2.41 bits per heavy atom. The Kier molecular flexibility index (Phi) is 3.87. The van der Waals surface area contributed by atoms with Crippen LogP contribution in [-0.4, -0.2) is 24.9 Å². The number of carbonyl (C=O) groups excluding carboxylic acids is 2. The Bertz CT molecular complexity index is 515. The van der Waals surface area contributed by atoms with Crippen molar-refractivity contribution in [2.24, 2.45) is 22.7 Å². The molecule has 0 heterocycles. The Labute approximate surface area is 132 Å². The summed E-state index contributed by atoms with van der Waals surface area (Å²) < 4.78 is 0. The summed E-state index contributed by atoms with van der Waals surface area (Å²) in [7, 11) is 0. The number of nitrogens with one attached hydrogen (secondary N) is 2. The molecule has 3 aliphatic carbocycles. The Morgan fingerprint density at radius 2 is 1.73 bits per heavy atom. The van der Waals surface area contributed by atoms with Crippen LogP contribution in [0.4, 0.5) is 0 Å². The van der Waals surface area contributed by atoms with E-state index in [2.05, 4.69) is 23.8 Å². The van der Waals surface area contributed by atoms with Crippen LogP contribution in [0.15, 0.2) is 25.3 Å². The molecule has 2 amide bonds. The van der Waals surface area contributed by atoms with Crippen LogP contribution in [0, 0.1) is 22.7 Å². The predicted molar refractivity (Wildman–Crippen MR) is 86.0 cm³/mol. The van der Waals surface area contributed by atoms with Gasteiger partial charge in [-0.15, -0.1) is 0 Å². The maximum absolute atomic E-state index is 11.7. The van der Waals surface area contributed by atoms with Gasteiger partial charge in [-0.05, 0) is 66.9 Å². The fourth-order valence-electron chi connectivity index (χ4n) is 5.80. The third kappa shape index (κ3) is 2.11. The molecule has 2 bridgehead atoms. The summed E-state index contributed by atoms with van der Waals surface area (Å²) >= 11 is 0. The van der Waals surface area contributed by atoms with Gasteiger partial charge in [0.1, 0.15) is 0 Å². The van der Waals surface area contributed by atoms with Crippen molar-refractivity contribution in [3.63, 3.8) is 0 Å². The molecule has 0 aromatic carbocycles. The number of fused-ring (bicyclic) bond motifs is 5. The topological polar surface area (TPSA) is 58.2 Å². The molecule has 3 rings (SSSR count). The first-order valence-electron chi connectivity index (χ1n) is 8.37. The minimum atomic E-state index is -0.0930. The first kappa shape index (κ1) is 15.3. The van der Waals surface area contributed by atoms with Gasteiger partial charge in [-0.2, -0.15) is 0 Å². The van der Waals surface area contributed by atoms with Gasteiger partial charge in [0, 0.05) is 13.1 Å². The zero-order chi connectivity index (χ0) is 15.8. The predicted octanol–water partition coefficient (Wildman–Crippen LogP) is 2.18. The van der Waals surface area contributed by atoms with E-state index in [9.17, 15) is 9.59 Å². The summed E-state index contributed by atoms with van der Waals surface area (Å²) in [5.74, 6) is 1.29. The SMILES string of the molecule is C=CC(=O)NCC12CCC(C1)C1CCCC12CNC(=O)C=C. The van der Waals surface area contributed by atoms with Crippen LogP contribution in [0.5, 0.6) is 0 Å². The number of carbonyl (C=O) groups is 2. The summed E-state index contributed by atoms with van der Waals surface area (Å²) in [5, 5.41) is 6.10. The second kappa shape index (κ2) is 5.56. The molecule has 0 saturated heterocycles. The molecule has 4 atom stereocenters. The van der Waals surface area contributed by atoms with E-state index in [0.717, 1.165) is 31.8 Å². The smallest absolute Gasteiger partial charge is 0.243 e. The molecule has 3 aliphatic rings. The molecule has 4 nitrogen and oxygen atoms in total. The van der Waals surface area contributed by atoms with E-state index in [1.165, 1.54) is 37.8 Å². The van der Waals surface area contributed by atoms with E-state index in [1.807, 2.05) is 0 Å². The van der Waals surface area contributed by atoms with Crippen molar-refractivity contribution in [2.75, 3.05) is 13.1 Å². The molecular formula is C18H26N2O2. The molecule has 0 aromatic rings. The van der Waals surface area contributed by atoms with Gasteiger partial charge in [-0.1, -0.05) is 19.6 Å². The van der Waals surface area contributed by atoms with Crippen LogP contribution in [0.1, 0.15) is 38.5 Å². The summed E-state index contributed by atoms with van der Waals surface area (Å²) in [6, 6.07) is 0. The third-order valence-corrected chi connectivity index (χ3v) is 6.67. The van der Waals surface area contributed by atoms with Gasteiger partial charge in [-0.3, -0.25) is 9.59 Å². The molecule has 120 valence electrons. The van der Waals surface area contributed by atoms with E-state index in [-0.39, 0.29) is 22.6 Å². The molecule has 3 fully saturated rings. The maximum atomic E-state index is 11.7. The first-order chi connectivity index (χ1) is 10.6. The second-order valence-electron chi connectivity index (χ2n) is 7.28. The van der Waals surface area contributed by atoms with Crippen molar-refractivity contribution in [3.8, 4) is 0 Å². The molecule has 22 heavy (non-hydrogen) atoms. The van der Waals surface area contributed by atoms with Crippen molar-refractivity contribution in [1.29, 1.82) is 0 Å². The van der Waals surface area contributed by atoms with Crippen LogP contribution in [0.2, 0.25) is 0 Å². The van der Waals surface area contributed by atoms with E-state index in [1.54, 1.807) is 0 Å². The lowest BCUT2D eigenvalue weighted by Gasteiger charge is -2.48. The second-order valence-corrected chi connectivity index (χ2v) is 7.28. The third-order valence-electron chi connectivity index (χ3n) is 6.67. The van der Waals surface area contributed by atoms with Crippen LogP contribution < -0.4 is 10.6 Å². The lowest BCUT2D eigenvalue weighted by Crippen LogP contribution is -2.53. The van der Waals surface area contributed by atoms with Gasteiger partial charge in [0.2, 0.25) is 11.8 Å². The monoisotopic (exact) mass is 302 g/mol. The van der Waals surface area contributed by atoms with Crippen LogP contribution in [-0.2, 0) is 9.59 Å². The van der Waals surface area contributed by atoms with Crippen molar-refractivity contribution in [1.82, 2.24) is 10.6 Å². The minimum Gasteiger partial charge on any atom is -0.352 e. The Morgan fingerprint density at radius 1 is 1.05 bits per heavy atom. The summed E-state index contributed by atoms with van der Waals surface area (Å²) in [5.41, 5.74) is 0.301. The zero-order valence-electron chi connectivity index (χ0n) is 13.2. The van der Waals surface area contributed by atoms with Gasteiger partial charge >= 0.3 is 0 Å². The van der Waals surface area contributed by atoms with Gasteiger partial charge in [-0.25, -0.2) is 0 Å². The number of amides is 2. The summed E-state index contributed by atoms with van der Waals surface area (Å²) in [6.45, 7) is 8.53. The zero-order valence-corrected chi connectivity index (χ0v) is 13.2. The van der Waals surface area contributed by atoms with Crippen molar-refractivity contribution in [2.45, 2.75) is 38.5 Å². The highest BCUT2D eigenvalue weighted by Gasteiger charge is 2.67. The quantitative estimate of drug-likeness (QED) is 0.739. The molecule has 0 aromatic heterocycles. The van der Waals surface area contributed by atoms with Crippen LogP contribution >= 0.6 is 0 Å². The average Bonchev–Trinajstić information content (AvgIpc) is 3.20. The van der Waals surface area contributed by atoms with Crippen molar-refractivity contribution < 1.29 is 9.59 Å². The average molecular weight is 302 g/mol. The lowest BCUT2D eigenvalue weighted by atomic mass is 9.59. The van der Waals surface area contributed by atoms with Crippen molar-refractivity contribution >= 4 is 11.8 Å². The molecule has 4 heteroatoms. The van der Waals surface area contributed by atoms with Gasteiger partial charge in [0.25, 0.3) is 0 Å². The molecular weight excluding hydrogens is 276 g/mol. The van der Waals surface area contributed by atoms with E-state index < -0.39 is 0 Å².